The van der Waals surface area contributed by atoms with E-state index < -0.39 is 29.0 Å². The number of amides is 1. The van der Waals surface area contributed by atoms with Crippen LogP contribution in [0.4, 0.5) is 5.69 Å². The van der Waals surface area contributed by atoms with Gasteiger partial charge in [-0.2, -0.15) is 0 Å². The van der Waals surface area contributed by atoms with Crippen LogP contribution in [0.3, 0.4) is 0 Å². The molecule has 4 atom stereocenters. The highest BCUT2D eigenvalue weighted by Gasteiger charge is 2.66. The standard InChI is InChI=1S/C28H27BrN2O3/c1-27(2,3)34-25(32)23-22(17-11-5-4-6-12-17)28(19-14-8-10-16-21(19)30-26(28)33)24(31-23)18-13-7-9-15-20(18)29/h4-16,22-24,31H,1-3H3,(H,30,33)/t22-,23+,24-,28-/m1/s1. The van der Waals surface area contributed by atoms with E-state index in [-0.39, 0.29) is 11.9 Å². The highest BCUT2D eigenvalue weighted by molar-refractivity contribution is 9.10. The summed E-state index contributed by atoms with van der Waals surface area (Å²) in [6.07, 6.45) is 0. The lowest BCUT2D eigenvalue weighted by atomic mass is 9.63. The molecule has 1 saturated heterocycles. The zero-order chi connectivity index (χ0) is 24.1. The van der Waals surface area contributed by atoms with Crippen molar-refractivity contribution in [2.45, 2.75) is 49.8 Å². The molecule has 34 heavy (non-hydrogen) atoms. The molecule has 0 bridgehead atoms. The van der Waals surface area contributed by atoms with Crippen LogP contribution < -0.4 is 10.6 Å². The van der Waals surface area contributed by atoms with Crippen LogP contribution in [0.5, 0.6) is 0 Å². The van der Waals surface area contributed by atoms with Crippen molar-refractivity contribution in [3.8, 4) is 0 Å². The highest BCUT2D eigenvalue weighted by Crippen LogP contribution is 2.59. The van der Waals surface area contributed by atoms with Crippen molar-refractivity contribution in [3.63, 3.8) is 0 Å². The normalized spacial score (nSPS) is 25.8. The Balaban J connectivity index is 1.79. The number of esters is 1. The fraction of sp³-hybridized carbons (Fsp3) is 0.286. The molecule has 5 rings (SSSR count). The van der Waals surface area contributed by atoms with Gasteiger partial charge in [-0.25, -0.2) is 0 Å². The second-order valence-corrected chi connectivity index (χ2v) is 10.7. The fourth-order valence-electron chi connectivity index (χ4n) is 5.48. The first-order valence-electron chi connectivity index (χ1n) is 11.4. The first kappa shape index (κ1) is 22.8. The molecule has 2 aliphatic rings. The molecule has 174 valence electrons. The van der Waals surface area contributed by atoms with Gasteiger partial charge in [0.05, 0.1) is 6.04 Å². The number of carbonyl (C=O) groups excluding carboxylic acids is 2. The van der Waals surface area contributed by atoms with E-state index in [1.54, 1.807) is 0 Å². The number of rotatable bonds is 3. The molecule has 2 aliphatic heterocycles. The average molecular weight is 519 g/mol. The summed E-state index contributed by atoms with van der Waals surface area (Å²) in [7, 11) is 0. The Morgan fingerprint density at radius 2 is 1.59 bits per heavy atom. The van der Waals surface area contributed by atoms with E-state index in [2.05, 4.69) is 26.6 Å². The minimum Gasteiger partial charge on any atom is -0.459 e. The minimum atomic E-state index is -1.05. The third-order valence-electron chi connectivity index (χ3n) is 6.66. The van der Waals surface area contributed by atoms with Crippen molar-refractivity contribution in [2.75, 3.05) is 5.32 Å². The molecule has 0 saturated carbocycles. The first-order chi connectivity index (χ1) is 16.2. The monoisotopic (exact) mass is 518 g/mol. The molecule has 1 fully saturated rings. The Labute approximate surface area is 208 Å². The van der Waals surface area contributed by atoms with Crippen LogP contribution in [0.25, 0.3) is 0 Å². The molecule has 5 nitrogen and oxygen atoms in total. The van der Waals surface area contributed by atoms with Gasteiger partial charge in [0.2, 0.25) is 5.91 Å². The molecule has 0 aromatic heterocycles. The van der Waals surface area contributed by atoms with Gasteiger partial charge in [-0.05, 0) is 49.6 Å². The molecule has 3 aromatic carbocycles. The summed E-state index contributed by atoms with van der Waals surface area (Å²) in [5.74, 6) is -0.973. The van der Waals surface area contributed by atoms with E-state index in [1.807, 2.05) is 99.6 Å². The highest BCUT2D eigenvalue weighted by atomic mass is 79.9. The molecule has 0 unspecified atom stereocenters. The lowest BCUT2D eigenvalue weighted by Gasteiger charge is -2.36. The molecule has 3 aromatic rings. The molecule has 2 N–H and O–H groups in total. The summed E-state index contributed by atoms with van der Waals surface area (Å²) in [5.41, 5.74) is 1.77. The van der Waals surface area contributed by atoms with Crippen molar-refractivity contribution >= 4 is 33.5 Å². The van der Waals surface area contributed by atoms with Gasteiger partial charge in [-0.1, -0.05) is 82.7 Å². The smallest absolute Gasteiger partial charge is 0.324 e. The van der Waals surface area contributed by atoms with Crippen LogP contribution in [-0.2, 0) is 19.7 Å². The maximum absolute atomic E-state index is 14.1. The number of para-hydroxylation sites is 1. The molecule has 1 spiro atoms. The summed E-state index contributed by atoms with van der Waals surface area (Å²) in [6, 6.07) is 24.2. The van der Waals surface area contributed by atoms with Gasteiger partial charge in [-0.3, -0.25) is 14.9 Å². The molecule has 0 radical (unpaired) electrons. The molecule has 2 heterocycles. The first-order valence-corrected chi connectivity index (χ1v) is 12.2. The van der Waals surface area contributed by atoms with Gasteiger partial charge in [0.1, 0.15) is 17.1 Å². The lowest BCUT2D eigenvalue weighted by molar-refractivity contribution is -0.157. The Bertz CT molecular complexity index is 1250. The van der Waals surface area contributed by atoms with Gasteiger partial charge in [-0.15, -0.1) is 0 Å². The molecule has 1 amide bonds. The summed E-state index contributed by atoms with van der Waals surface area (Å²) in [4.78, 5) is 27.7. The number of carbonyl (C=O) groups is 2. The summed E-state index contributed by atoms with van der Waals surface area (Å²) < 4.78 is 6.74. The van der Waals surface area contributed by atoms with Gasteiger partial charge in [0.15, 0.2) is 0 Å². The van der Waals surface area contributed by atoms with Gasteiger partial charge >= 0.3 is 5.97 Å². The van der Waals surface area contributed by atoms with E-state index in [0.29, 0.717) is 0 Å². The maximum Gasteiger partial charge on any atom is 0.324 e. The number of fused-ring (bicyclic) bond motifs is 2. The van der Waals surface area contributed by atoms with E-state index in [9.17, 15) is 9.59 Å². The fourth-order valence-corrected chi connectivity index (χ4v) is 5.99. The van der Waals surface area contributed by atoms with Crippen molar-refractivity contribution in [3.05, 3.63) is 100 Å². The molecular formula is C28H27BrN2O3. The number of ether oxygens (including phenoxy) is 1. The van der Waals surface area contributed by atoms with Crippen LogP contribution >= 0.6 is 15.9 Å². The summed E-state index contributed by atoms with van der Waals surface area (Å²) in [6.45, 7) is 5.57. The van der Waals surface area contributed by atoms with E-state index in [4.69, 9.17) is 4.74 Å². The number of nitrogens with one attached hydrogen (secondary N) is 2. The number of hydrogen-bond acceptors (Lipinski definition) is 4. The van der Waals surface area contributed by atoms with Crippen LogP contribution in [0, 0.1) is 0 Å². The van der Waals surface area contributed by atoms with E-state index in [1.165, 1.54) is 0 Å². The predicted molar refractivity (Wildman–Crippen MR) is 136 cm³/mol. The third-order valence-corrected chi connectivity index (χ3v) is 7.38. The van der Waals surface area contributed by atoms with Gasteiger partial charge < -0.3 is 10.1 Å². The quantitative estimate of drug-likeness (QED) is 0.450. The van der Waals surface area contributed by atoms with Crippen LogP contribution in [0.2, 0.25) is 0 Å². The van der Waals surface area contributed by atoms with Crippen molar-refractivity contribution in [1.29, 1.82) is 0 Å². The van der Waals surface area contributed by atoms with Gasteiger partial charge in [0.25, 0.3) is 0 Å². The number of anilines is 1. The SMILES string of the molecule is CC(C)(C)OC(=O)[C@H]1N[C@H](c2ccccc2Br)[C@]2(C(=O)Nc3ccccc32)[C@@H]1c1ccccc1. The Morgan fingerprint density at radius 1 is 0.941 bits per heavy atom. The van der Waals surface area contributed by atoms with Crippen LogP contribution in [0.15, 0.2) is 83.3 Å². The Hall–Kier alpha value is -2.96. The van der Waals surface area contributed by atoms with Crippen LogP contribution in [0.1, 0.15) is 49.4 Å². The maximum atomic E-state index is 14.1. The zero-order valence-electron chi connectivity index (χ0n) is 19.3. The largest absolute Gasteiger partial charge is 0.459 e. The van der Waals surface area contributed by atoms with Gasteiger partial charge in [0, 0.05) is 16.1 Å². The summed E-state index contributed by atoms with van der Waals surface area (Å²) >= 11 is 3.69. The summed E-state index contributed by atoms with van der Waals surface area (Å²) in [5, 5.41) is 6.67. The Morgan fingerprint density at radius 3 is 2.29 bits per heavy atom. The van der Waals surface area contributed by atoms with Crippen molar-refractivity contribution < 1.29 is 14.3 Å². The van der Waals surface area contributed by atoms with Crippen molar-refractivity contribution in [2.24, 2.45) is 0 Å². The number of benzene rings is 3. The molecule has 6 heteroatoms. The minimum absolute atomic E-state index is 0.123. The van der Waals surface area contributed by atoms with E-state index in [0.717, 1.165) is 26.9 Å². The number of hydrogen-bond donors (Lipinski definition) is 2. The second kappa shape index (κ2) is 8.36. The zero-order valence-corrected chi connectivity index (χ0v) is 20.9. The Kier molecular flexibility index (Phi) is 5.61. The predicted octanol–water partition coefficient (Wildman–Crippen LogP) is 5.48. The molecule has 0 aliphatic carbocycles. The third kappa shape index (κ3) is 3.56. The van der Waals surface area contributed by atoms with Crippen molar-refractivity contribution in [1.82, 2.24) is 5.32 Å². The van der Waals surface area contributed by atoms with Crippen LogP contribution in [-0.4, -0.2) is 23.5 Å². The second-order valence-electron chi connectivity index (χ2n) is 9.89. The average Bonchev–Trinajstić information content (AvgIpc) is 3.30. The van der Waals surface area contributed by atoms with E-state index >= 15 is 0 Å². The number of halogens is 1. The molecular weight excluding hydrogens is 492 g/mol. The topological polar surface area (TPSA) is 67.4 Å². The lowest BCUT2D eigenvalue weighted by Crippen LogP contribution is -2.44.